The first-order valence-electron chi connectivity index (χ1n) is 5.41. The van der Waals surface area contributed by atoms with E-state index in [0.29, 0.717) is 18.1 Å². The van der Waals surface area contributed by atoms with Gasteiger partial charge in [-0.2, -0.15) is 16.9 Å². The third-order valence-corrected chi connectivity index (χ3v) is 3.94. The van der Waals surface area contributed by atoms with Gasteiger partial charge in [0, 0.05) is 30.8 Å². The van der Waals surface area contributed by atoms with Gasteiger partial charge in [0.1, 0.15) is 5.78 Å². The molecule has 2 heterocycles. The number of aryl methyl sites for hydroxylation is 1. The van der Waals surface area contributed by atoms with Crippen molar-refractivity contribution < 1.29 is 4.79 Å². The van der Waals surface area contributed by atoms with Crippen molar-refractivity contribution >= 4 is 17.5 Å². The van der Waals surface area contributed by atoms with Crippen LogP contribution in [0.1, 0.15) is 18.9 Å². The Kier molecular flexibility index (Phi) is 3.46. The molecule has 0 spiro atoms. The molecule has 1 unspecified atom stereocenters. The molecule has 3 nitrogen and oxygen atoms in total. The van der Waals surface area contributed by atoms with Crippen LogP contribution >= 0.6 is 11.8 Å². The Morgan fingerprint density at radius 3 is 3.20 bits per heavy atom. The topological polar surface area (TPSA) is 34.9 Å². The van der Waals surface area contributed by atoms with Gasteiger partial charge in [-0.05, 0) is 24.7 Å². The van der Waals surface area contributed by atoms with Crippen LogP contribution in [0.15, 0.2) is 12.4 Å². The first kappa shape index (κ1) is 10.7. The number of thioether (sulfide) groups is 1. The van der Waals surface area contributed by atoms with Crippen LogP contribution in [0, 0.1) is 5.92 Å². The highest BCUT2D eigenvalue weighted by Crippen LogP contribution is 2.25. The third kappa shape index (κ3) is 2.62. The monoisotopic (exact) mass is 224 g/mol. The maximum atomic E-state index is 11.9. The van der Waals surface area contributed by atoms with Gasteiger partial charge in [-0.1, -0.05) is 0 Å². The van der Waals surface area contributed by atoms with Crippen molar-refractivity contribution in [2.75, 3.05) is 11.5 Å². The van der Waals surface area contributed by atoms with Gasteiger partial charge in [0.25, 0.3) is 0 Å². The number of aromatic nitrogens is 2. The van der Waals surface area contributed by atoms with Crippen LogP contribution in [0.4, 0.5) is 0 Å². The van der Waals surface area contributed by atoms with Crippen LogP contribution < -0.4 is 0 Å². The second-order valence-electron chi connectivity index (χ2n) is 3.91. The molecule has 1 aliphatic heterocycles. The smallest absolute Gasteiger partial charge is 0.141 e. The summed E-state index contributed by atoms with van der Waals surface area (Å²) in [5, 5.41) is 4.17. The zero-order valence-corrected chi connectivity index (χ0v) is 9.80. The lowest BCUT2D eigenvalue weighted by molar-refractivity contribution is -0.121. The lowest BCUT2D eigenvalue weighted by Crippen LogP contribution is -2.15. The first-order valence-corrected chi connectivity index (χ1v) is 6.57. The number of ketones is 1. The zero-order chi connectivity index (χ0) is 10.7. The minimum atomic E-state index is 0.292. The van der Waals surface area contributed by atoms with Crippen molar-refractivity contribution in [2.45, 2.75) is 26.3 Å². The molecular weight excluding hydrogens is 208 g/mol. The molecule has 1 saturated heterocycles. The fourth-order valence-electron chi connectivity index (χ4n) is 1.80. The molecule has 1 aromatic rings. The fourth-order valence-corrected chi connectivity index (χ4v) is 3.06. The van der Waals surface area contributed by atoms with E-state index in [1.807, 2.05) is 35.8 Å². The summed E-state index contributed by atoms with van der Waals surface area (Å²) in [7, 11) is 0. The quantitative estimate of drug-likeness (QED) is 0.781. The Bertz CT molecular complexity index is 342. The minimum absolute atomic E-state index is 0.292. The average Bonchev–Trinajstić information content (AvgIpc) is 2.87. The zero-order valence-electron chi connectivity index (χ0n) is 8.98. The molecule has 0 bridgehead atoms. The Labute approximate surface area is 94.2 Å². The first-order chi connectivity index (χ1) is 7.29. The van der Waals surface area contributed by atoms with Gasteiger partial charge in [0.05, 0.1) is 6.20 Å². The summed E-state index contributed by atoms with van der Waals surface area (Å²) < 4.78 is 1.87. The number of carbonyl (C=O) groups excluding carboxylic acids is 1. The predicted molar refractivity (Wildman–Crippen MR) is 62.0 cm³/mol. The van der Waals surface area contributed by atoms with Crippen LogP contribution in [-0.2, 0) is 17.8 Å². The van der Waals surface area contributed by atoms with Gasteiger partial charge in [-0.25, -0.2) is 0 Å². The Hall–Kier alpha value is -0.770. The van der Waals surface area contributed by atoms with E-state index in [1.54, 1.807) is 0 Å². The van der Waals surface area contributed by atoms with Crippen molar-refractivity contribution in [1.82, 2.24) is 9.78 Å². The van der Waals surface area contributed by atoms with E-state index < -0.39 is 0 Å². The molecule has 82 valence electrons. The van der Waals surface area contributed by atoms with E-state index in [-0.39, 0.29) is 0 Å². The van der Waals surface area contributed by atoms with Crippen molar-refractivity contribution in [1.29, 1.82) is 0 Å². The molecule has 0 N–H and O–H groups in total. The summed E-state index contributed by atoms with van der Waals surface area (Å²) in [4.78, 5) is 11.9. The lowest BCUT2D eigenvalue weighted by Gasteiger charge is -2.04. The molecule has 0 aromatic carbocycles. The van der Waals surface area contributed by atoms with E-state index in [9.17, 15) is 4.79 Å². The summed E-state index contributed by atoms with van der Waals surface area (Å²) in [5.74, 6) is 2.83. The molecule has 0 aliphatic carbocycles. The summed E-state index contributed by atoms with van der Waals surface area (Å²) in [6.45, 7) is 2.92. The van der Waals surface area contributed by atoms with Gasteiger partial charge in [0.2, 0.25) is 0 Å². The summed E-state index contributed by atoms with van der Waals surface area (Å²) in [6, 6.07) is 0. The van der Waals surface area contributed by atoms with Gasteiger partial charge in [0.15, 0.2) is 0 Å². The highest BCUT2D eigenvalue weighted by atomic mass is 32.2. The highest BCUT2D eigenvalue weighted by Gasteiger charge is 2.23. The average molecular weight is 224 g/mol. The molecular formula is C11H16N2OS. The number of rotatable bonds is 4. The SMILES string of the molecule is CCn1cc(CC(=O)C2CCSC2)cn1. The molecule has 1 aromatic heterocycles. The standard InChI is InChI=1S/C11H16N2OS/c1-2-13-7-9(6-12-13)5-11(14)10-3-4-15-8-10/h6-7,10H,2-5,8H2,1H3. The number of carbonyl (C=O) groups is 1. The number of hydrogen-bond donors (Lipinski definition) is 0. The number of nitrogens with zero attached hydrogens (tertiary/aromatic N) is 2. The Balaban J connectivity index is 1.92. The van der Waals surface area contributed by atoms with Crippen molar-refractivity contribution in [3.8, 4) is 0 Å². The fraction of sp³-hybridized carbons (Fsp3) is 0.636. The van der Waals surface area contributed by atoms with E-state index in [4.69, 9.17) is 0 Å². The lowest BCUT2D eigenvalue weighted by atomic mass is 9.99. The van der Waals surface area contributed by atoms with Gasteiger partial charge in [-0.3, -0.25) is 9.48 Å². The highest BCUT2D eigenvalue weighted by molar-refractivity contribution is 7.99. The Morgan fingerprint density at radius 1 is 1.73 bits per heavy atom. The molecule has 1 atom stereocenters. The molecule has 15 heavy (non-hydrogen) atoms. The van der Waals surface area contributed by atoms with Crippen LogP contribution in [0.3, 0.4) is 0 Å². The molecule has 2 rings (SSSR count). The normalized spacial score (nSPS) is 20.7. The molecule has 4 heteroatoms. The van der Waals surface area contributed by atoms with Crippen LogP contribution in [0.2, 0.25) is 0 Å². The van der Waals surface area contributed by atoms with Crippen molar-refractivity contribution in [2.24, 2.45) is 5.92 Å². The summed E-state index contributed by atoms with van der Waals surface area (Å²) in [6.07, 6.45) is 5.40. The van der Waals surface area contributed by atoms with Crippen LogP contribution in [-0.4, -0.2) is 27.1 Å². The van der Waals surface area contributed by atoms with Crippen molar-refractivity contribution in [3.05, 3.63) is 18.0 Å². The second-order valence-corrected chi connectivity index (χ2v) is 5.06. The Morgan fingerprint density at radius 2 is 2.60 bits per heavy atom. The van der Waals surface area contributed by atoms with Crippen LogP contribution in [0.5, 0.6) is 0 Å². The largest absolute Gasteiger partial charge is 0.299 e. The third-order valence-electron chi connectivity index (χ3n) is 2.77. The second kappa shape index (κ2) is 4.84. The van der Waals surface area contributed by atoms with Gasteiger partial charge < -0.3 is 0 Å². The summed E-state index contributed by atoms with van der Waals surface area (Å²) in [5.41, 5.74) is 1.05. The van der Waals surface area contributed by atoms with E-state index in [2.05, 4.69) is 5.10 Å². The van der Waals surface area contributed by atoms with Crippen molar-refractivity contribution in [3.63, 3.8) is 0 Å². The molecule has 0 amide bonds. The van der Waals surface area contributed by atoms with E-state index in [1.165, 1.54) is 0 Å². The van der Waals surface area contributed by atoms with Gasteiger partial charge >= 0.3 is 0 Å². The molecule has 1 aliphatic rings. The van der Waals surface area contributed by atoms with Crippen LogP contribution in [0.25, 0.3) is 0 Å². The summed E-state index contributed by atoms with van der Waals surface area (Å²) >= 11 is 1.89. The number of Topliss-reactive ketones (excluding diaryl/α,β-unsaturated/α-hetero) is 1. The number of hydrogen-bond acceptors (Lipinski definition) is 3. The molecule has 0 saturated carbocycles. The van der Waals surface area contributed by atoms with E-state index >= 15 is 0 Å². The van der Waals surface area contributed by atoms with E-state index in [0.717, 1.165) is 30.0 Å². The molecule has 0 radical (unpaired) electrons. The maximum Gasteiger partial charge on any atom is 0.141 e. The van der Waals surface area contributed by atoms with Gasteiger partial charge in [-0.15, -0.1) is 0 Å². The minimum Gasteiger partial charge on any atom is -0.299 e. The molecule has 1 fully saturated rings. The maximum absolute atomic E-state index is 11.9. The predicted octanol–water partition coefficient (Wildman–Crippen LogP) is 1.77.